The predicted molar refractivity (Wildman–Crippen MR) is 93.3 cm³/mol. The number of nitrogens with zero attached hydrogens (tertiary/aromatic N) is 1. The van der Waals surface area contributed by atoms with Gasteiger partial charge in [-0.2, -0.15) is 0 Å². The quantitative estimate of drug-likeness (QED) is 0.871. The van der Waals surface area contributed by atoms with Gasteiger partial charge in [-0.3, -0.25) is 4.79 Å². The van der Waals surface area contributed by atoms with Crippen molar-refractivity contribution in [2.24, 2.45) is 0 Å². The van der Waals surface area contributed by atoms with Gasteiger partial charge in [0.1, 0.15) is 5.69 Å². The summed E-state index contributed by atoms with van der Waals surface area (Å²) in [7, 11) is -1.43. The van der Waals surface area contributed by atoms with Gasteiger partial charge in [0.15, 0.2) is 9.84 Å². The van der Waals surface area contributed by atoms with Crippen LogP contribution in [0.2, 0.25) is 5.02 Å². The van der Waals surface area contributed by atoms with Gasteiger partial charge in [0.05, 0.1) is 18.1 Å². The number of rotatable bonds is 5. The van der Waals surface area contributed by atoms with Gasteiger partial charge in [0, 0.05) is 35.6 Å². The molecule has 130 valence electrons. The van der Waals surface area contributed by atoms with Crippen LogP contribution in [0, 0.1) is 0 Å². The van der Waals surface area contributed by atoms with Crippen LogP contribution < -0.4 is 5.32 Å². The normalized spacial score (nSPS) is 19.7. The molecule has 2 heterocycles. The van der Waals surface area contributed by atoms with Gasteiger partial charge in [0.25, 0.3) is 5.91 Å². The molecule has 1 aliphatic heterocycles. The molecule has 0 spiro atoms. The van der Waals surface area contributed by atoms with E-state index < -0.39 is 9.84 Å². The van der Waals surface area contributed by atoms with E-state index in [4.69, 9.17) is 16.3 Å². The topological polar surface area (TPSA) is 77.4 Å². The summed E-state index contributed by atoms with van der Waals surface area (Å²) in [5.74, 6) is -0.149. The Morgan fingerprint density at radius 1 is 1.42 bits per heavy atom. The van der Waals surface area contributed by atoms with Crippen molar-refractivity contribution in [3.8, 4) is 0 Å². The minimum absolute atomic E-state index is 0.00284. The molecule has 3 rings (SSSR count). The molecule has 1 fully saturated rings. The lowest BCUT2D eigenvalue weighted by Crippen LogP contribution is -2.36. The summed E-state index contributed by atoms with van der Waals surface area (Å²) in [5, 5.41) is 4.29. The van der Waals surface area contributed by atoms with E-state index in [2.05, 4.69) is 5.32 Å². The van der Waals surface area contributed by atoms with E-state index in [0.717, 1.165) is 10.9 Å². The van der Waals surface area contributed by atoms with Crippen molar-refractivity contribution in [3.05, 3.63) is 35.0 Å². The van der Waals surface area contributed by atoms with E-state index in [9.17, 15) is 13.2 Å². The zero-order valence-corrected chi connectivity index (χ0v) is 14.9. The van der Waals surface area contributed by atoms with Gasteiger partial charge < -0.3 is 14.6 Å². The monoisotopic (exact) mass is 370 g/mol. The van der Waals surface area contributed by atoms with Crippen LogP contribution in [0.3, 0.4) is 0 Å². The molecule has 0 bridgehead atoms. The first-order chi connectivity index (χ1) is 11.4. The molecule has 0 radical (unpaired) electrons. The molecule has 8 heteroatoms. The average molecular weight is 371 g/mol. The highest BCUT2D eigenvalue weighted by Crippen LogP contribution is 2.24. The summed E-state index contributed by atoms with van der Waals surface area (Å²) in [6, 6.07) is 6.88. The number of nitrogens with one attached hydrogen (secondary N) is 1. The maximum atomic E-state index is 12.6. The maximum absolute atomic E-state index is 12.6. The van der Waals surface area contributed by atoms with Crippen LogP contribution in [0.1, 0.15) is 16.9 Å². The summed E-state index contributed by atoms with van der Waals surface area (Å²) < 4.78 is 30.1. The Labute approximate surface area is 145 Å². The lowest BCUT2D eigenvalue weighted by molar-refractivity contribution is 0.0929. The second kappa shape index (κ2) is 6.74. The Morgan fingerprint density at radius 3 is 2.88 bits per heavy atom. The average Bonchev–Trinajstić information content (AvgIpc) is 3.04. The van der Waals surface area contributed by atoms with Crippen molar-refractivity contribution in [3.63, 3.8) is 0 Å². The number of ether oxygens (including phenoxy) is 1. The summed E-state index contributed by atoms with van der Waals surface area (Å²) in [4.78, 5) is 12.6. The van der Waals surface area contributed by atoms with Crippen molar-refractivity contribution in [1.29, 1.82) is 0 Å². The van der Waals surface area contributed by atoms with Crippen molar-refractivity contribution in [2.75, 3.05) is 25.2 Å². The fourth-order valence-corrected chi connectivity index (χ4v) is 4.88. The lowest BCUT2D eigenvalue weighted by atomic mass is 10.2. The van der Waals surface area contributed by atoms with Crippen LogP contribution in [0.25, 0.3) is 10.9 Å². The second-order valence-electron chi connectivity index (χ2n) is 5.95. The van der Waals surface area contributed by atoms with Crippen LogP contribution >= 0.6 is 11.6 Å². The van der Waals surface area contributed by atoms with E-state index in [0.29, 0.717) is 30.3 Å². The number of halogens is 1. The minimum atomic E-state index is -3.04. The van der Waals surface area contributed by atoms with Gasteiger partial charge in [-0.15, -0.1) is 0 Å². The lowest BCUT2D eigenvalue weighted by Gasteiger charge is -2.13. The van der Waals surface area contributed by atoms with E-state index in [1.807, 2.05) is 10.6 Å². The zero-order chi connectivity index (χ0) is 17.3. The standard InChI is InChI=1S/C16H19ClN2O4S/c1-23-6-5-19-14-3-2-12(17)8-11(14)9-15(19)16(20)18-13-4-7-24(21,22)10-13/h2-3,8-9,13H,4-7,10H2,1H3,(H,18,20)/t13-/m1/s1. The number of aromatic nitrogens is 1. The molecular weight excluding hydrogens is 352 g/mol. The second-order valence-corrected chi connectivity index (χ2v) is 8.62. The fourth-order valence-electron chi connectivity index (χ4n) is 3.02. The predicted octanol–water partition coefficient (Wildman–Crippen LogP) is 1.86. The van der Waals surface area contributed by atoms with E-state index in [1.54, 1.807) is 25.3 Å². The van der Waals surface area contributed by atoms with Crippen LogP contribution in [0.5, 0.6) is 0 Å². The summed E-state index contributed by atoms with van der Waals surface area (Å²) in [5.41, 5.74) is 1.37. The molecular formula is C16H19ClN2O4S. The molecule has 1 N–H and O–H groups in total. The summed E-state index contributed by atoms with van der Waals surface area (Å²) >= 11 is 6.03. The third kappa shape index (κ3) is 3.58. The number of hydrogen-bond acceptors (Lipinski definition) is 4. The van der Waals surface area contributed by atoms with Crippen LogP contribution in [0.4, 0.5) is 0 Å². The van der Waals surface area contributed by atoms with Crippen molar-refractivity contribution in [1.82, 2.24) is 9.88 Å². The Kier molecular flexibility index (Phi) is 4.85. The maximum Gasteiger partial charge on any atom is 0.268 e. The van der Waals surface area contributed by atoms with Gasteiger partial charge in [-0.05, 0) is 30.7 Å². The van der Waals surface area contributed by atoms with E-state index >= 15 is 0 Å². The van der Waals surface area contributed by atoms with Crippen LogP contribution in [0.15, 0.2) is 24.3 Å². The van der Waals surface area contributed by atoms with Gasteiger partial charge in [-0.1, -0.05) is 11.6 Å². The summed E-state index contributed by atoms with van der Waals surface area (Å²) in [6.45, 7) is 0.984. The van der Waals surface area contributed by atoms with Crippen molar-refractivity contribution in [2.45, 2.75) is 19.0 Å². The number of carbonyl (C=O) groups is 1. The number of amides is 1. The summed E-state index contributed by atoms with van der Waals surface area (Å²) in [6.07, 6.45) is 0.457. The highest BCUT2D eigenvalue weighted by Gasteiger charge is 2.30. The first-order valence-electron chi connectivity index (χ1n) is 7.68. The van der Waals surface area contributed by atoms with Crippen molar-refractivity contribution >= 4 is 38.2 Å². The number of fused-ring (bicyclic) bond motifs is 1. The van der Waals surface area contributed by atoms with Crippen LogP contribution in [-0.2, 0) is 21.1 Å². The third-order valence-electron chi connectivity index (χ3n) is 4.18. The molecule has 1 aromatic carbocycles. The molecule has 2 aromatic rings. The Balaban J connectivity index is 1.90. The highest BCUT2D eigenvalue weighted by molar-refractivity contribution is 7.91. The largest absolute Gasteiger partial charge is 0.383 e. The first kappa shape index (κ1) is 17.3. The Morgan fingerprint density at radius 2 is 2.21 bits per heavy atom. The third-order valence-corrected chi connectivity index (χ3v) is 6.19. The number of hydrogen-bond donors (Lipinski definition) is 1. The number of methoxy groups -OCH3 is 1. The van der Waals surface area contributed by atoms with E-state index in [-0.39, 0.29) is 23.5 Å². The Bertz CT molecular complexity index is 876. The molecule has 1 saturated heterocycles. The fraction of sp³-hybridized carbons (Fsp3) is 0.438. The molecule has 0 saturated carbocycles. The zero-order valence-electron chi connectivity index (χ0n) is 13.3. The molecule has 6 nitrogen and oxygen atoms in total. The molecule has 24 heavy (non-hydrogen) atoms. The molecule has 1 atom stereocenters. The SMILES string of the molecule is COCCn1c(C(=O)N[C@@H]2CCS(=O)(=O)C2)cc2cc(Cl)ccc21. The molecule has 1 aromatic heterocycles. The van der Waals surface area contributed by atoms with Crippen molar-refractivity contribution < 1.29 is 17.9 Å². The number of carbonyl (C=O) groups excluding carboxylic acids is 1. The number of benzene rings is 1. The minimum Gasteiger partial charge on any atom is -0.383 e. The first-order valence-corrected chi connectivity index (χ1v) is 9.88. The smallest absolute Gasteiger partial charge is 0.268 e. The molecule has 1 aliphatic rings. The van der Waals surface area contributed by atoms with E-state index in [1.165, 1.54) is 0 Å². The Hall–Kier alpha value is -1.57. The number of sulfone groups is 1. The van der Waals surface area contributed by atoms with Gasteiger partial charge in [0.2, 0.25) is 0 Å². The molecule has 0 aliphatic carbocycles. The molecule has 1 amide bonds. The van der Waals surface area contributed by atoms with Gasteiger partial charge in [-0.25, -0.2) is 8.42 Å². The highest BCUT2D eigenvalue weighted by atomic mass is 35.5. The molecule has 0 unspecified atom stereocenters. The van der Waals surface area contributed by atoms with Crippen LogP contribution in [-0.4, -0.2) is 50.2 Å². The van der Waals surface area contributed by atoms with Gasteiger partial charge >= 0.3 is 0 Å².